The van der Waals surface area contributed by atoms with Gasteiger partial charge in [-0.15, -0.1) is 0 Å². The Labute approximate surface area is 70.5 Å². The molecule has 0 unspecified atom stereocenters. The molecule has 0 aliphatic heterocycles. The Morgan fingerprint density at radius 1 is 1.50 bits per heavy atom. The summed E-state index contributed by atoms with van der Waals surface area (Å²) in [5.41, 5.74) is 0. The Bertz CT molecular complexity index is 10.8. The summed E-state index contributed by atoms with van der Waals surface area (Å²) in [4.78, 5) is 0. The van der Waals surface area contributed by atoms with Crippen LogP contribution in [0.1, 0.15) is 6.92 Å². The molecule has 0 aromatic rings. The van der Waals surface area contributed by atoms with Crippen LogP contribution in [0.25, 0.3) is 0 Å². The van der Waals surface area contributed by atoms with Crippen LogP contribution in [0.5, 0.6) is 0 Å². The molecule has 1 nitrogen and oxygen atoms in total. The van der Waals surface area contributed by atoms with Gasteiger partial charge in [0.2, 0.25) is 0 Å². The molecule has 0 atom stereocenters. The zero-order chi connectivity index (χ0) is 4.71. The third-order valence-electron chi connectivity index (χ3n) is 0. The Morgan fingerprint density at radius 3 is 1.50 bits per heavy atom. The number of hydrogen-bond donors (Lipinski definition) is 1. The van der Waals surface area contributed by atoms with E-state index < -0.39 is 0 Å². The topological polar surface area (TPSA) is 20.2 Å². The maximum Gasteiger partial charge on any atom is 0.0606 e. The van der Waals surface area contributed by atoms with Crippen LogP contribution in [0.4, 0.5) is 0 Å². The van der Waals surface area contributed by atoms with Crippen molar-refractivity contribution in [2.24, 2.45) is 0 Å². The van der Waals surface area contributed by atoms with Crippen molar-refractivity contribution >= 4 is 7.85 Å². The zero-order valence-corrected chi connectivity index (χ0v) is 4.79. The van der Waals surface area contributed by atoms with Gasteiger partial charge in [0.05, 0.1) is 7.85 Å². The van der Waals surface area contributed by atoms with E-state index in [0.29, 0.717) is 0 Å². The molecule has 0 saturated carbocycles. The van der Waals surface area contributed by atoms with Crippen LogP contribution in [-0.4, -0.2) is 19.6 Å². The quantitative estimate of drug-likeness (QED) is 0.443. The zero-order valence-electron chi connectivity index (χ0n) is 4.09. The van der Waals surface area contributed by atoms with Crippen molar-refractivity contribution in [3.05, 3.63) is 0 Å². The van der Waals surface area contributed by atoms with Gasteiger partial charge in [-0.1, -0.05) is 6.82 Å². The first kappa shape index (κ1) is 15.7. The summed E-state index contributed by atoms with van der Waals surface area (Å²) >= 11 is 0. The molecule has 38 valence electrons. The maximum atomic E-state index is 7.57. The minimum atomic E-state index is 0. The second-order valence-electron chi connectivity index (χ2n) is 0.316. The van der Waals surface area contributed by atoms with Crippen molar-refractivity contribution in [1.29, 1.82) is 0 Å². The van der Waals surface area contributed by atoms with Crippen LogP contribution in [0.15, 0.2) is 0 Å². The Balaban J connectivity index is -0.0000000275. The smallest absolute Gasteiger partial charge is 0.0606 e. The van der Waals surface area contributed by atoms with Gasteiger partial charge in [-0.05, 0) is 6.92 Å². The minimum Gasteiger partial charge on any atom is -0.397 e. The number of rotatable bonds is 0. The number of aliphatic hydroxyl groups excluding tert-OH is 1. The molecule has 0 saturated heterocycles. The van der Waals surface area contributed by atoms with E-state index in [-0.39, 0.29) is 44.3 Å². The number of hydrogen-bond acceptors (Lipinski definition) is 1. The van der Waals surface area contributed by atoms with Gasteiger partial charge in [0.1, 0.15) is 0 Å². The summed E-state index contributed by atoms with van der Waals surface area (Å²) in [7, 11) is 4.50. The molecule has 1 N–H and O–H groups in total. The summed E-state index contributed by atoms with van der Waals surface area (Å²) in [6.07, 6.45) is 0. The molecular weight excluding hydrogens is 103 g/mol. The summed E-state index contributed by atoms with van der Waals surface area (Å²) in [5, 5.41) is 7.57. The van der Waals surface area contributed by atoms with E-state index in [0.717, 1.165) is 0 Å². The summed E-state index contributed by atoms with van der Waals surface area (Å²) in [6.45, 7) is 3.43. The molecule has 0 aliphatic rings. The Morgan fingerprint density at radius 2 is 1.50 bits per heavy atom. The molecule has 0 aromatic heterocycles. The predicted molar refractivity (Wildman–Crippen MR) is 24.4 cm³/mol. The first-order valence-electron chi connectivity index (χ1n) is 1.60. The second kappa shape index (κ2) is 33.6. The molecule has 0 aromatic carbocycles. The fourth-order valence-electron chi connectivity index (χ4n) is 0. The van der Waals surface area contributed by atoms with Gasteiger partial charge in [0.15, 0.2) is 0 Å². The molecule has 0 bridgehead atoms. The van der Waals surface area contributed by atoms with Crippen molar-refractivity contribution in [3.63, 3.8) is 0 Å². The Kier molecular flexibility index (Phi) is 87.8. The third kappa shape index (κ3) is 58.8. The molecule has 2 radical (unpaired) electrons. The summed E-state index contributed by atoms with van der Waals surface area (Å²) in [6, 6.07) is 0. The number of aliphatic hydroxyl groups is 1. The van der Waals surface area contributed by atoms with E-state index in [4.69, 9.17) is 5.11 Å². The minimum absolute atomic E-state index is 0. The van der Waals surface area contributed by atoms with Gasteiger partial charge < -0.3 is 5.11 Å². The SMILES string of the molecule is CCO.[Ar].[B]C. The predicted octanol–water partition coefficient (Wildman–Crippen LogP) is 0.202. The van der Waals surface area contributed by atoms with Crippen molar-refractivity contribution in [2.75, 3.05) is 6.61 Å². The Hall–Kier alpha value is 1.28. The molecular formula is C3H9ArBO. The largest absolute Gasteiger partial charge is 0.397 e. The van der Waals surface area contributed by atoms with Crippen LogP contribution in [0.3, 0.4) is 0 Å². The van der Waals surface area contributed by atoms with Crippen LogP contribution in [0.2, 0.25) is 6.82 Å². The first-order valence-corrected chi connectivity index (χ1v) is 1.60. The summed E-state index contributed by atoms with van der Waals surface area (Å²) < 4.78 is 0. The van der Waals surface area contributed by atoms with Crippen molar-refractivity contribution < 1.29 is 42.8 Å². The fraction of sp³-hybridized carbons (Fsp3) is 1.00. The van der Waals surface area contributed by atoms with Crippen molar-refractivity contribution in [2.45, 2.75) is 13.7 Å². The van der Waals surface area contributed by atoms with Crippen LogP contribution in [0, 0.1) is 37.7 Å². The second-order valence-corrected chi connectivity index (χ2v) is 0.316. The molecule has 0 fully saturated rings. The molecule has 0 amide bonds. The fourth-order valence-corrected chi connectivity index (χ4v) is 0. The molecule has 3 heteroatoms. The monoisotopic (exact) mass is 112 g/mol. The van der Waals surface area contributed by atoms with Gasteiger partial charge in [0, 0.05) is 44.3 Å². The van der Waals surface area contributed by atoms with E-state index in [2.05, 4.69) is 7.85 Å². The standard InChI is InChI=1S/C2H6O.CH3B.Ar/c1-2-3;1-2;/h3H,2H2,1H3;1H3;. The van der Waals surface area contributed by atoms with E-state index in [1.54, 1.807) is 6.92 Å². The molecule has 0 rings (SSSR count). The molecule has 0 aliphatic carbocycles. The molecule has 0 spiro atoms. The van der Waals surface area contributed by atoms with Gasteiger partial charge in [-0.25, -0.2) is 0 Å². The van der Waals surface area contributed by atoms with Gasteiger partial charge in [-0.2, -0.15) is 0 Å². The summed E-state index contributed by atoms with van der Waals surface area (Å²) in [5.74, 6) is 0. The van der Waals surface area contributed by atoms with Gasteiger partial charge >= 0.3 is 0 Å². The first-order chi connectivity index (χ1) is 2.41. The van der Waals surface area contributed by atoms with Gasteiger partial charge in [-0.3, -0.25) is 0 Å². The van der Waals surface area contributed by atoms with E-state index >= 15 is 0 Å². The average molecular weight is 112 g/mol. The van der Waals surface area contributed by atoms with Crippen molar-refractivity contribution in [3.8, 4) is 0 Å². The average Bonchev–Trinajstić information content (AvgIpc) is 1.46. The molecule has 0 heterocycles. The normalized spacial score (nSPS) is 3.83. The van der Waals surface area contributed by atoms with Crippen molar-refractivity contribution in [1.82, 2.24) is 0 Å². The van der Waals surface area contributed by atoms with Crippen LogP contribution >= 0.6 is 0 Å². The van der Waals surface area contributed by atoms with E-state index in [1.807, 2.05) is 0 Å². The maximum absolute atomic E-state index is 7.57. The van der Waals surface area contributed by atoms with E-state index in [9.17, 15) is 0 Å². The molecule has 6 heavy (non-hydrogen) atoms. The third-order valence-corrected chi connectivity index (χ3v) is 0. The van der Waals surface area contributed by atoms with E-state index in [1.165, 1.54) is 6.82 Å². The van der Waals surface area contributed by atoms with Gasteiger partial charge in [0.25, 0.3) is 0 Å². The van der Waals surface area contributed by atoms with Crippen LogP contribution < -0.4 is 0 Å². The van der Waals surface area contributed by atoms with Crippen LogP contribution in [-0.2, 0) is 0 Å².